The van der Waals surface area contributed by atoms with Crippen LogP contribution < -0.4 is 0 Å². The fourth-order valence-corrected chi connectivity index (χ4v) is 3.53. The molecule has 4 rings (SSSR count). The lowest BCUT2D eigenvalue weighted by Crippen LogP contribution is -1.85. The molecule has 0 aliphatic rings. The van der Waals surface area contributed by atoms with E-state index in [4.69, 9.17) is 8.94 Å². The Labute approximate surface area is 146 Å². The molecule has 4 aromatic rings. The van der Waals surface area contributed by atoms with Crippen molar-refractivity contribution >= 4 is 23.1 Å². The highest BCUT2D eigenvalue weighted by molar-refractivity contribution is 7.97. The largest absolute Gasteiger partial charge is 0.444 e. The summed E-state index contributed by atoms with van der Waals surface area (Å²) in [6.07, 6.45) is 1.69. The summed E-state index contributed by atoms with van der Waals surface area (Å²) in [6, 6.07) is 13.8. The maximum absolute atomic E-state index is 5.53. The van der Waals surface area contributed by atoms with Gasteiger partial charge in [0.1, 0.15) is 6.26 Å². The molecule has 0 saturated heterocycles. The van der Waals surface area contributed by atoms with Crippen molar-refractivity contribution in [3.63, 3.8) is 0 Å². The van der Waals surface area contributed by atoms with E-state index in [1.807, 2.05) is 47.8 Å². The Hall–Kier alpha value is -2.38. The van der Waals surface area contributed by atoms with Crippen LogP contribution >= 0.6 is 23.1 Å². The summed E-state index contributed by atoms with van der Waals surface area (Å²) in [5.41, 5.74) is 1.88. The highest BCUT2D eigenvalue weighted by Crippen LogP contribution is 2.24. The van der Waals surface area contributed by atoms with Crippen molar-refractivity contribution in [2.24, 2.45) is 0 Å². The van der Waals surface area contributed by atoms with Gasteiger partial charge in [-0.3, -0.25) is 0 Å². The number of thioether (sulfide) groups is 1. The maximum Gasteiger partial charge on any atom is 0.236 e. The third kappa shape index (κ3) is 3.42. The van der Waals surface area contributed by atoms with Crippen molar-refractivity contribution in [3.05, 3.63) is 65.7 Å². The molecule has 24 heavy (non-hydrogen) atoms. The Balaban J connectivity index is 1.34. The summed E-state index contributed by atoms with van der Waals surface area (Å²) in [7, 11) is 0. The normalized spacial score (nSPS) is 11.0. The van der Waals surface area contributed by atoms with Crippen LogP contribution in [0.4, 0.5) is 0 Å². The van der Waals surface area contributed by atoms with Gasteiger partial charge in [0.2, 0.25) is 17.6 Å². The van der Waals surface area contributed by atoms with E-state index in [9.17, 15) is 0 Å². The number of thiophene rings is 1. The molecule has 0 bridgehead atoms. The number of aromatic nitrogens is 3. The summed E-state index contributed by atoms with van der Waals surface area (Å²) in [5.74, 6) is 3.28. The molecule has 0 unspecified atom stereocenters. The van der Waals surface area contributed by atoms with Gasteiger partial charge in [-0.05, 0) is 23.6 Å². The van der Waals surface area contributed by atoms with Gasteiger partial charge in [0.05, 0.1) is 16.3 Å². The number of nitrogens with zero attached hydrogens (tertiary/aromatic N) is 3. The molecule has 0 aliphatic carbocycles. The van der Waals surface area contributed by atoms with Gasteiger partial charge < -0.3 is 8.94 Å². The Kier molecular flexibility index (Phi) is 4.44. The van der Waals surface area contributed by atoms with Crippen molar-refractivity contribution in [1.29, 1.82) is 0 Å². The number of oxazole rings is 1. The molecule has 1 aromatic carbocycles. The SMILES string of the molecule is c1ccc(-c2nc(CSCc3nc(-c4cccs4)no3)co2)cc1. The smallest absolute Gasteiger partial charge is 0.236 e. The van der Waals surface area contributed by atoms with Gasteiger partial charge in [-0.1, -0.05) is 29.4 Å². The first-order valence-electron chi connectivity index (χ1n) is 7.32. The van der Waals surface area contributed by atoms with Crippen LogP contribution in [-0.4, -0.2) is 15.1 Å². The molecule has 0 saturated carbocycles. The van der Waals surface area contributed by atoms with Crippen molar-refractivity contribution in [3.8, 4) is 22.2 Å². The molecule has 120 valence electrons. The highest BCUT2D eigenvalue weighted by Gasteiger charge is 2.10. The molecule has 0 atom stereocenters. The minimum Gasteiger partial charge on any atom is -0.444 e. The van der Waals surface area contributed by atoms with Crippen LogP contribution in [0.15, 0.2) is 63.0 Å². The summed E-state index contributed by atoms with van der Waals surface area (Å²) >= 11 is 3.26. The standard InChI is InChI=1S/C17H13N3O2S2/c1-2-5-12(6-3-1)17-18-13(9-21-17)10-23-11-15-19-16(20-22-15)14-7-4-8-24-14/h1-9H,10-11H2. The Bertz CT molecular complexity index is 901. The van der Waals surface area contributed by atoms with Crippen LogP contribution in [-0.2, 0) is 11.5 Å². The van der Waals surface area contributed by atoms with E-state index in [2.05, 4.69) is 15.1 Å². The van der Waals surface area contributed by atoms with E-state index in [-0.39, 0.29) is 0 Å². The van der Waals surface area contributed by atoms with E-state index in [0.29, 0.717) is 23.4 Å². The minimum absolute atomic E-state index is 0.621. The third-order valence-electron chi connectivity index (χ3n) is 3.26. The fraction of sp³-hybridized carbons (Fsp3) is 0.118. The van der Waals surface area contributed by atoms with Gasteiger partial charge in [0, 0.05) is 11.3 Å². The average Bonchev–Trinajstić information content (AvgIpc) is 3.37. The Morgan fingerprint density at radius 3 is 2.75 bits per heavy atom. The van der Waals surface area contributed by atoms with E-state index < -0.39 is 0 Å². The molecule has 0 fully saturated rings. The summed E-state index contributed by atoms with van der Waals surface area (Å²) < 4.78 is 10.8. The number of benzene rings is 1. The second kappa shape index (κ2) is 7.02. The first-order chi connectivity index (χ1) is 11.9. The van der Waals surface area contributed by atoms with E-state index >= 15 is 0 Å². The third-order valence-corrected chi connectivity index (χ3v) is 5.07. The maximum atomic E-state index is 5.53. The van der Waals surface area contributed by atoms with Gasteiger partial charge in [-0.25, -0.2) is 4.98 Å². The summed E-state index contributed by atoms with van der Waals surface area (Å²) in [4.78, 5) is 9.92. The summed E-state index contributed by atoms with van der Waals surface area (Å²) in [6.45, 7) is 0. The van der Waals surface area contributed by atoms with Gasteiger partial charge in [-0.15, -0.1) is 23.1 Å². The lowest BCUT2D eigenvalue weighted by Gasteiger charge is -1.94. The van der Waals surface area contributed by atoms with Crippen molar-refractivity contribution in [1.82, 2.24) is 15.1 Å². The molecule has 7 heteroatoms. The predicted octanol–water partition coefficient (Wildman–Crippen LogP) is 4.89. The molecule has 0 spiro atoms. The number of hydrogen-bond acceptors (Lipinski definition) is 7. The average molecular weight is 355 g/mol. The lowest BCUT2D eigenvalue weighted by atomic mass is 10.2. The molecule has 5 nitrogen and oxygen atoms in total. The van der Waals surface area contributed by atoms with Gasteiger partial charge >= 0.3 is 0 Å². The van der Waals surface area contributed by atoms with Crippen LogP contribution in [0.5, 0.6) is 0 Å². The zero-order valence-corrected chi connectivity index (χ0v) is 14.2. The fourth-order valence-electron chi connectivity index (χ4n) is 2.15. The lowest BCUT2D eigenvalue weighted by molar-refractivity contribution is 0.392. The molecule has 0 radical (unpaired) electrons. The van der Waals surface area contributed by atoms with Gasteiger partial charge in [0.25, 0.3) is 0 Å². The van der Waals surface area contributed by atoms with E-state index in [1.165, 1.54) is 0 Å². The molecule has 0 amide bonds. The topological polar surface area (TPSA) is 65.0 Å². The van der Waals surface area contributed by atoms with Crippen molar-refractivity contribution < 1.29 is 8.94 Å². The Morgan fingerprint density at radius 2 is 1.92 bits per heavy atom. The van der Waals surface area contributed by atoms with E-state index in [1.54, 1.807) is 29.4 Å². The van der Waals surface area contributed by atoms with Crippen LogP contribution in [0.3, 0.4) is 0 Å². The van der Waals surface area contributed by atoms with E-state index in [0.717, 1.165) is 21.9 Å². The summed E-state index contributed by atoms with van der Waals surface area (Å²) in [5, 5.41) is 6.00. The molecular formula is C17H13N3O2S2. The van der Waals surface area contributed by atoms with Gasteiger partial charge in [0.15, 0.2) is 0 Å². The van der Waals surface area contributed by atoms with Crippen LogP contribution in [0, 0.1) is 0 Å². The first kappa shape index (κ1) is 15.2. The molecular weight excluding hydrogens is 342 g/mol. The second-order valence-electron chi connectivity index (χ2n) is 4.99. The molecule has 0 N–H and O–H groups in total. The first-order valence-corrected chi connectivity index (χ1v) is 9.36. The zero-order chi connectivity index (χ0) is 16.2. The molecule has 3 aromatic heterocycles. The Morgan fingerprint density at radius 1 is 1.00 bits per heavy atom. The monoisotopic (exact) mass is 355 g/mol. The van der Waals surface area contributed by atoms with Crippen LogP contribution in [0.25, 0.3) is 22.2 Å². The minimum atomic E-state index is 0.621. The molecule has 0 aliphatic heterocycles. The second-order valence-corrected chi connectivity index (χ2v) is 6.93. The van der Waals surface area contributed by atoms with Crippen LogP contribution in [0.2, 0.25) is 0 Å². The zero-order valence-electron chi connectivity index (χ0n) is 12.6. The van der Waals surface area contributed by atoms with Crippen molar-refractivity contribution in [2.45, 2.75) is 11.5 Å². The quantitative estimate of drug-likeness (QED) is 0.491. The predicted molar refractivity (Wildman–Crippen MR) is 94.5 cm³/mol. The number of rotatable bonds is 6. The molecule has 3 heterocycles. The van der Waals surface area contributed by atoms with Gasteiger partial charge in [-0.2, -0.15) is 4.98 Å². The number of hydrogen-bond donors (Lipinski definition) is 0. The van der Waals surface area contributed by atoms with Crippen molar-refractivity contribution in [2.75, 3.05) is 0 Å². The van der Waals surface area contributed by atoms with Crippen LogP contribution in [0.1, 0.15) is 11.6 Å². The highest BCUT2D eigenvalue weighted by atomic mass is 32.2.